The van der Waals surface area contributed by atoms with Crippen molar-refractivity contribution in [1.29, 1.82) is 0 Å². The first-order valence-corrected chi connectivity index (χ1v) is 6.72. The van der Waals surface area contributed by atoms with E-state index in [0.29, 0.717) is 10.5 Å². The topological polar surface area (TPSA) is 0 Å². The summed E-state index contributed by atoms with van der Waals surface area (Å²) in [4.78, 5) is 0. The van der Waals surface area contributed by atoms with Gasteiger partial charge in [-0.25, -0.2) is 0 Å². The molecule has 0 bridgehead atoms. The molecule has 0 amide bonds. The van der Waals surface area contributed by atoms with Crippen LogP contribution in [-0.2, 0) is 0 Å². The van der Waals surface area contributed by atoms with Gasteiger partial charge in [0.05, 0.1) is 4.58 Å². The summed E-state index contributed by atoms with van der Waals surface area (Å²) < 4.78 is 0.669. The normalized spacial score (nSPS) is 12.2. The summed E-state index contributed by atoms with van der Waals surface area (Å²) >= 11 is 4.04. The summed E-state index contributed by atoms with van der Waals surface area (Å²) in [6.45, 7) is 8.88. The van der Waals surface area contributed by atoms with E-state index in [1.807, 2.05) is 23.5 Å². The number of allylic oxidation sites excluding steroid dienone is 1. The maximum absolute atomic E-state index is 2.34. The molecule has 2 heteroatoms. The molecule has 0 radical (unpaired) electrons. The van der Waals surface area contributed by atoms with Gasteiger partial charge in [-0.3, -0.25) is 0 Å². The summed E-state index contributed by atoms with van der Waals surface area (Å²) in [5.41, 5.74) is 0. The molecule has 0 aromatic rings. The van der Waals surface area contributed by atoms with E-state index in [4.69, 9.17) is 0 Å². The number of thioether (sulfide) groups is 2. The Bertz CT molecular complexity index is 113. The van der Waals surface area contributed by atoms with Crippen LogP contribution in [0.5, 0.6) is 0 Å². The summed E-state index contributed by atoms with van der Waals surface area (Å²) in [7, 11) is 0. The molecule has 0 aromatic carbocycles. The largest absolute Gasteiger partial charge is 0.144 e. The van der Waals surface area contributed by atoms with Crippen molar-refractivity contribution in [1.82, 2.24) is 0 Å². The minimum atomic E-state index is 0.669. The second kappa shape index (κ2) is 8.06. The highest BCUT2D eigenvalue weighted by molar-refractivity contribution is 8.17. The highest BCUT2D eigenvalue weighted by Crippen LogP contribution is 2.24. The maximum Gasteiger partial charge on any atom is 0.0682 e. The lowest BCUT2D eigenvalue weighted by atomic mass is 10.2. The van der Waals surface area contributed by atoms with Gasteiger partial charge >= 0.3 is 0 Å². The first-order valence-electron chi connectivity index (χ1n) is 4.62. The SMILES string of the molecule is CCSC(/C=C/C(C)C)SCC. The predicted octanol–water partition coefficient (Wildman–Crippen LogP) is 4.03. The second-order valence-electron chi connectivity index (χ2n) is 2.91. The van der Waals surface area contributed by atoms with Crippen LogP contribution < -0.4 is 0 Å². The molecule has 0 spiro atoms. The van der Waals surface area contributed by atoms with Crippen LogP contribution in [0.1, 0.15) is 27.7 Å². The van der Waals surface area contributed by atoms with Crippen molar-refractivity contribution in [3.63, 3.8) is 0 Å². The van der Waals surface area contributed by atoms with Gasteiger partial charge < -0.3 is 0 Å². The van der Waals surface area contributed by atoms with Gasteiger partial charge in [-0.05, 0) is 17.4 Å². The molecule has 0 unspecified atom stereocenters. The fourth-order valence-corrected chi connectivity index (χ4v) is 3.06. The van der Waals surface area contributed by atoms with Gasteiger partial charge in [0.25, 0.3) is 0 Å². The van der Waals surface area contributed by atoms with Gasteiger partial charge in [0, 0.05) is 0 Å². The third-order valence-electron chi connectivity index (χ3n) is 1.32. The Kier molecular flexibility index (Phi) is 8.35. The highest BCUT2D eigenvalue weighted by Gasteiger charge is 2.02. The van der Waals surface area contributed by atoms with Crippen LogP contribution in [0.15, 0.2) is 12.2 Å². The molecule has 0 rings (SSSR count). The summed E-state index contributed by atoms with van der Waals surface area (Å²) in [6.07, 6.45) is 4.64. The number of hydrogen-bond acceptors (Lipinski definition) is 2. The van der Waals surface area contributed by atoms with Crippen molar-refractivity contribution in [2.75, 3.05) is 11.5 Å². The minimum Gasteiger partial charge on any atom is -0.144 e. The Balaban J connectivity index is 3.76. The van der Waals surface area contributed by atoms with Crippen molar-refractivity contribution in [3.05, 3.63) is 12.2 Å². The van der Waals surface area contributed by atoms with E-state index in [2.05, 4.69) is 39.8 Å². The fourth-order valence-electron chi connectivity index (χ4n) is 0.801. The lowest BCUT2D eigenvalue weighted by Gasteiger charge is -2.09. The van der Waals surface area contributed by atoms with E-state index < -0.39 is 0 Å². The maximum atomic E-state index is 2.34. The lowest BCUT2D eigenvalue weighted by molar-refractivity contribution is 0.830. The fraction of sp³-hybridized carbons (Fsp3) is 0.800. The van der Waals surface area contributed by atoms with Crippen molar-refractivity contribution in [2.45, 2.75) is 32.3 Å². The average Bonchev–Trinajstić information content (AvgIpc) is 2.01. The van der Waals surface area contributed by atoms with Gasteiger partial charge in [0.2, 0.25) is 0 Å². The second-order valence-corrected chi connectivity index (χ2v) is 6.04. The molecular formula is C10H20S2. The van der Waals surface area contributed by atoms with Crippen molar-refractivity contribution in [3.8, 4) is 0 Å². The number of hydrogen-bond donors (Lipinski definition) is 0. The van der Waals surface area contributed by atoms with E-state index in [1.165, 1.54) is 11.5 Å². The van der Waals surface area contributed by atoms with E-state index in [0.717, 1.165) is 0 Å². The lowest BCUT2D eigenvalue weighted by Crippen LogP contribution is -1.94. The van der Waals surface area contributed by atoms with E-state index in [9.17, 15) is 0 Å². The minimum absolute atomic E-state index is 0.669. The van der Waals surface area contributed by atoms with E-state index in [1.54, 1.807) is 0 Å². The van der Waals surface area contributed by atoms with Crippen LogP contribution in [-0.4, -0.2) is 16.1 Å². The molecule has 0 fully saturated rings. The molecule has 0 atom stereocenters. The van der Waals surface area contributed by atoms with Crippen LogP contribution in [0.2, 0.25) is 0 Å². The first kappa shape index (κ1) is 12.4. The first-order chi connectivity index (χ1) is 5.70. The Morgan fingerprint density at radius 3 is 1.83 bits per heavy atom. The molecule has 0 aliphatic carbocycles. The average molecular weight is 204 g/mol. The van der Waals surface area contributed by atoms with Gasteiger partial charge in [0.15, 0.2) is 0 Å². The van der Waals surface area contributed by atoms with E-state index >= 15 is 0 Å². The molecule has 0 aliphatic rings. The molecule has 0 nitrogen and oxygen atoms in total. The molecule has 0 aromatic heterocycles. The predicted molar refractivity (Wildman–Crippen MR) is 64.0 cm³/mol. The molecule has 0 heterocycles. The highest BCUT2D eigenvalue weighted by atomic mass is 32.2. The molecule has 0 saturated carbocycles. The van der Waals surface area contributed by atoms with E-state index in [-0.39, 0.29) is 0 Å². The molecule has 0 N–H and O–H groups in total. The number of rotatable bonds is 6. The van der Waals surface area contributed by atoms with Crippen molar-refractivity contribution < 1.29 is 0 Å². The quantitative estimate of drug-likeness (QED) is 0.473. The zero-order chi connectivity index (χ0) is 9.40. The van der Waals surface area contributed by atoms with Crippen LogP contribution >= 0.6 is 23.5 Å². The Morgan fingerprint density at radius 2 is 1.50 bits per heavy atom. The third kappa shape index (κ3) is 7.11. The summed E-state index contributed by atoms with van der Waals surface area (Å²) in [5, 5.41) is 0. The summed E-state index contributed by atoms with van der Waals surface area (Å²) in [5.74, 6) is 3.10. The Morgan fingerprint density at radius 1 is 1.00 bits per heavy atom. The molecule has 0 saturated heterocycles. The van der Waals surface area contributed by atoms with Crippen LogP contribution in [0.4, 0.5) is 0 Å². The van der Waals surface area contributed by atoms with Crippen LogP contribution in [0.25, 0.3) is 0 Å². The Hall–Kier alpha value is 0.440. The van der Waals surface area contributed by atoms with Gasteiger partial charge in [-0.1, -0.05) is 39.8 Å². The summed E-state index contributed by atoms with van der Waals surface area (Å²) in [6, 6.07) is 0. The Labute approximate surface area is 85.6 Å². The van der Waals surface area contributed by atoms with Gasteiger partial charge in [-0.2, -0.15) is 0 Å². The van der Waals surface area contributed by atoms with Crippen molar-refractivity contribution in [2.24, 2.45) is 5.92 Å². The smallest absolute Gasteiger partial charge is 0.0682 e. The molecule has 12 heavy (non-hydrogen) atoms. The van der Waals surface area contributed by atoms with Gasteiger partial charge in [-0.15, -0.1) is 23.5 Å². The van der Waals surface area contributed by atoms with Crippen molar-refractivity contribution >= 4 is 23.5 Å². The molecule has 0 aliphatic heterocycles. The van der Waals surface area contributed by atoms with Crippen LogP contribution in [0.3, 0.4) is 0 Å². The molecular weight excluding hydrogens is 184 g/mol. The monoisotopic (exact) mass is 204 g/mol. The standard InChI is InChI=1S/C10H20S2/c1-5-11-10(12-6-2)8-7-9(3)4/h7-10H,5-6H2,1-4H3/b8-7+. The molecule has 72 valence electrons. The zero-order valence-electron chi connectivity index (χ0n) is 8.54. The van der Waals surface area contributed by atoms with Gasteiger partial charge in [0.1, 0.15) is 0 Å². The van der Waals surface area contributed by atoms with Crippen LogP contribution in [0, 0.1) is 5.92 Å². The zero-order valence-corrected chi connectivity index (χ0v) is 10.2. The third-order valence-corrected chi connectivity index (χ3v) is 3.77.